The van der Waals surface area contributed by atoms with Crippen LogP contribution < -0.4 is 5.73 Å². The molecule has 34 heavy (non-hydrogen) atoms. The summed E-state index contributed by atoms with van der Waals surface area (Å²) in [5, 5.41) is 0.817. The Morgan fingerprint density at radius 1 is 1.18 bits per heavy atom. The molecule has 1 fully saturated rings. The highest BCUT2D eigenvalue weighted by Gasteiger charge is 2.27. The number of hydrogen-bond acceptors (Lipinski definition) is 4. The molecule has 0 unspecified atom stereocenters. The van der Waals surface area contributed by atoms with Crippen LogP contribution in [0.15, 0.2) is 42.5 Å². The SMILES string of the molecule is CCn1c(-c2nc3cc(C(=O)N4CCC[C@@H](OC(N)=O)C4)ccc3n2C)cc2cc(F)ccc21. The largest absolute Gasteiger partial charge is 0.445 e. The van der Waals surface area contributed by atoms with Gasteiger partial charge in [0.15, 0.2) is 5.82 Å². The molecular formula is C25H26FN5O3. The summed E-state index contributed by atoms with van der Waals surface area (Å²) >= 11 is 0. The van der Waals surface area contributed by atoms with Gasteiger partial charge in [-0.25, -0.2) is 14.2 Å². The predicted molar refractivity (Wildman–Crippen MR) is 127 cm³/mol. The zero-order chi connectivity index (χ0) is 24.0. The molecule has 1 aliphatic heterocycles. The quantitative estimate of drug-likeness (QED) is 0.494. The van der Waals surface area contributed by atoms with Gasteiger partial charge in [0.2, 0.25) is 0 Å². The van der Waals surface area contributed by atoms with E-state index < -0.39 is 6.09 Å². The highest BCUT2D eigenvalue weighted by molar-refractivity contribution is 5.98. The number of aryl methyl sites for hydroxylation is 2. The first-order valence-electron chi connectivity index (χ1n) is 11.4. The Balaban J connectivity index is 1.50. The van der Waals surface area contributed by atoms with E-state index in [1.807, 2.05) is 30.7 Å². The van der Waals surface area contributed by atoms with Crippen molar-refractivity contribution in [1.82, 2.24) is 19.0 Å². The smallest absolute Gasteiger partial charge is 0.404 e. The van der Waals surface area contributed by atoms with Crippen molar-refractivity contribution in [3.63, 3.8) is 0 Å². The average molecular weight is 464 g/mol. The number of carbonyl (C=O) groups excluding carboxylic acids is 2. The van der Waals surface area contributed by atoms with Crippen LogP contribution in [0.4, 0.5) is 9.18 Å². The number of halogens is 1. The third-order valence-corrected chi connectivity index (χ3v) is 6.48. The fraction of sp³-hybridized carbons (Fsp3) is 0.320. The molecule has 9 heteroatoms. The van der Waals surface area contributed by atoms with Gasteiger partial charge in [-0.3, -0.25) is 4.79 Å². The molecule has 176 valence electrons. The number of piperidine rings is 1. The van der Waals surface area contributed by atoms with Gasteiger partial charge in [0.1, 0.15) is 11.9 Å². The van der Waals surface area contributed by atoms with Gasteiger partial charge in [-0.15, -0.1) is 0 Å². The van der Waals surface area contributed by atoms with Crippen LogP contribution in [0.25, 0.3) is 33.5 Å². The van der Waals surface area contributed by atoms with E-state index in [0.717, 1.165) is 34.4 Å². The average Bonchev–Trinajstić information content (AvgIpc) is 3.34. The van der Waals surface area contributed by atoms with Crippen LogP contribution in [-0.4, -0.2) is 50.2 Å². The minimum absolute atomic E-state index is 0.134. The summed E-state index contributed by atoms with van der Waals surface area (Å²) in [6.07, 6.45) is 0.210. The molecular weight excluding hydrogens is 437 g/mol. The number of imidazole rings is 1. The fourth-order valence-corrected chi connectivity index (χ4v) is 4.90. The van der Waals surface area contributed by atoms with Crippen molar-refractivity contribution in [1.29, 1.82) is 0 Å². The first-order valence-corrected chi connectivity index (χ1v) is 11.4. The molecule has 2 aromatic heterocycles. The van der Waals surface area contributed by atoms with Gasteiger partial charge in [-0.1, -0.05) is 0 Å². The summed E-state index contributed by atoms with van der Waals surface area (Å²) in [5.74, 6) is 0.331. The maximum absolute atomic E-state index is 13.8. The third kappa shape index (κ3) is 3.76. The topological polar surface area (TPSA) is 95.4 Å². The molecule has 0 spiro atoms. The van der Waals surface area contributed by atoms with Crippen molar-refractivity contribution in [2.75, 3.05) is 13.1 Å². The van der Waals surface area contributed by atoms with Crippen molar-refractivity contribution >= 4 is 33.9 Å². The number of ether oxygens (including phenoxy) is 1. The Morgan fingerprint density at radius 3 is 2.74 bits per heavy atom. The molecule has 0 bridgehead atoms. The van der Waals surface area contributed by atoms with Crippen LogP contribution in [0, 0.1) is 5.82 Å². The molecule has 0 aliphatic carbocycles. The van der Waals surface area contributed by atoms with E-state index in [1.54, 1.807) is 23.1 Å². The number of carbonyl (C=O) groups is 2. The first-order chi connectivity index (χ1) is 16.4. The van der Waals surface area contributed by atoms with Crippen molar-refractivity contribution in [2.45, 2.75) is 32.4 Å². The van der Waals surface area contributed by atoms with Crippen LogP contribution in [-0.2, 0) is 18.3 Å². The van der Waals surface area contributed by atoms with Gasteiger partial charge in [-0.05, 0) is 62.2 Å². The molecule has 1 aliphatic rings. The number of hydrogen-bond donors (Lipinski definition) is 1. The Hall–Kier alpha value is -3.88. The zero-order valence-electron chi connectivity index (χ0n) is 19.1. The van der Waals surface area contributed by atoms with Crippen molar-refractivity contribution in [3.8, 4) is 11.5 Å². The molecule has 0 radical (unpaired) electrons. The number of amides is 2. The lowest BCUT2D eigenvalue weighted by Crippen LogP contribution is -2.44. The van der Waals surface area contributed by atoms with Crippen LogP contribution >= 0.6 is 0 Å². The van der Waals surface area contributed by atoms with E-state index in [0.29, 0.717) is 37.1 Å². The summed E-state index contributed by atoms with van der Waals surface area (Å²) in [6.45, 7) is 3.66. The molecule has 2 aromatic carbocycles. The zero-order valence-corrected chi connectivity index (χ0v) is 19.1. The van der Waals surface area contributed by atoms with Gasteiger partial charge < -0.3 is 24.5 Å². The van der Waals surface area contributed by atoms with Gasteiger partial charge in [0, 0.05) is 36.6 Å². The Bertz CT molecular complexity index is 1420. The Kier molecular flexibility index (Phi) is 5.47. The molecule has 2 amide bonds. The van der Waals surface area contributed by atoms with E-state index in [2.05, 4.69) is 4.57 Å². The molecule has 5 rings (SSSR count). The molecule has 8 nitrogen and oxygen atoms in total. The van der Waals surface area contributed by atoms with Gasteiger partial charge in [-0.2, -0.15) is 0 Å². The number of aromatic nitrogens is 3. The van der Waals surface area contributed by atoms with Crippen LogP contribution in [0.1, 0.15) is 30.1 Å². The van der Waals surface area contributed by atoms with Crippen LogP contribution in [0.5, 0.6) is 0 Å². The van der Waals surface area contributed by atoms with Crippen molar-refractivity contribution in [3.05, 3.63) is 53.8 Å². The minimum Gasteiger partial charge on any atom is -0.445 e. The van der Waals surface area contributed by atoms with E-state index >= 15 is 0 Å². The molecule has 0 saturated carbocycles. The summed E-state index contributed by atoms with van der Waals surface area (Å²) in [5.41, 5.74) is 9.08. The van der Waals surface area contributed by atoms with Crippen LogP contribution in [0.2, 0.25) is 0 Å². The summed E-state index contributed by atoms with van der Waals surface area (Å²) in [7, 11) is 1.93. The number of primary amides is 1. The molecule has 4 aromatic rings. The Morgan fingerprint density at radius 2 is 1.97 bits per heavy atom. The standard InChI is InChI=1S/C25H26FN5O3/c1-3-31-20-9-7-17(26)11-16(20)13-22(31)23-28-19-12-15(6-8-21(19)29(23)2)24(32)30-10-4-5-18(14-30)34-25(27)33/h6-9,11-13,18H,3-5,10,14H2,1-2H3,(H2,27,33)/t18-/m1/s1. The van der Waals surface area contributed by atoms with Crippen LogP contribution in [0.3, 0.4) is 0 Å². The van der Waals surface area contributed by atoms with E-state index in [4.69, 9.17) is 15.5 Å². The Labute approximate surface area is 195 Å². The van der Waals surface area contributed by atoms with Crippen molar-refractivity contribution in [2.24, 2.45) is 12.8 Å². The highest BCUT2D eigenvalue weighted by Crippen LogP contribution is 2.31. The maximum atomic E-state index is 13.8. The lowest BCUT2D eigenvalue weighted by molar-refractivity contribution is 0.0373. The summed E-state index contributed by atoms with van der Waals surface area (Å²) in [6, 6.07) is 12.2. The summed E-state index contributed by atoms with van der Waals surface area (Å²) < 4.78 is 23.0. The number of likely N-dealkylation sites (tertiary alicyclic amines) is 1. The maximum Gasteiger partial charge on any atom is 0.404 e. The second kappa shape index (κ2) is 8.48. The minimum atomic E-state index is -0.825. The number of rotatable bonds is 4. The lowest BCUT2D eigenvalue weighted by Gasteiger charge is -2.32. The van der Waals surface area contributed by atoms with Gasteiger partial charge in [0.05, 0.1) is 23.3 Å². The van der Waals surface area contributed by atoms with Crippen molar-refractivity contribution < 1.29 is 18.7 Å². The monoisotopic (exact) mass is 463 g/mol. The van der Waals surface area contributed by atoms with E-state index in [9.17, 15) is 14.0 Å². The number of nitrogens with zero attached hydrogens (tertiary/aromatic N) is 4. The number of fused-ring (bicyclic) bond motifs is 2. The van der Waals surface area contributed by atoms with E-state index in [-0.39, 0.29) is 17.8 Å². The normalized spacial score (nSPS) is 16.3. The fourth-order valence-electron chi connectivity index (χ4n) is 4.90. The highest BCUT2D eigenvalue weighted by atomic mass is 19.1. The predicted octanol–water partition coefficient (Wildman–Crippen LogP) is 4.05. The van der Waals surface area contributed by atoms with E-state index in [1.165, 1.54) is 12.1 Å². The van der Waals surface area contributed by atoms with Gasteiger partial charge in [0.25, 0.3) is 5.91 Å². The lowest BCUT2D eigenvalue weighted by atomic mass is 10.1. The molecule has 3 heterocycles. The summed E-state index contributed by atoms with van der Waals surface area (Å²) in [4.78, 5) is 30.8. The molecule has 1 atom stereocenters. The number of nitrogens with two attached hydrogens (primary N) is 1. The second-order valence-electron chi connectivity index (χ2n) is 8.63. The second-order valence-corrected chi connectivity index (χ2v) is 8.63. The number of benzene rings is 2. The first kappa shape index (κ1) is 21.9. The molecule has 2 N–H and O–H groups in total. The molecule has 1 saturated heterocycles. The third-order valence-electron chi connectivity index (χ3n) is 6.48. The van der Waals surface area contributed by atoms with Gasteiger partial charge >= 0.3 is 6.09 Å².